The summed E-state index contributed by atoms with van der Waals surface area (Å²) in [6, 6.07) is 7.27. The maximum absolute atomic E-state index is 12.6. The Morgan fingerprint density at radius 1 is 1.18 bits per heavy atom. The van der Waals surface area contributed by atoms with Gasteiger partial charge in [0.05, 0.1) is 11.6 Å². The molecule has 1 atom stereocenters. The van der Waals surface area contributed by atoms with E-state index in [1.165, 1.54) is 6.92 Å². The number of benzene rings is 1. The Morgan fingerprint density at radius 3 is 2.14 bits per heavy atom. The van der Waals surface area contributed by atoms with Crippen LogP contribution >= 0.6 is 0 Å². The van der Waals surface area contributed by atoms with Crippen molar-refractivity contribution in [3.63, 3.8) is 0 Å². The zero-order chi connectivity index (χ0) is 21.6. The quantitative estimate of drug-likeness (QED) is 0.552. The highest BCUT2D eigenvalue weighted by atomic mass is 16.1. The van der Waals surface area contributed by atoms with E-state index in [-0.39, 0.29) is 5.78 Å². The summed E-state index contributed by atoms with van der Waals surface area (Å²) in [4.78, 5) is 25.1. The Labute approximate surface area is 167 Å². The Morgan fingerprint density at radius 2 is 1.79 bits per heavy atom. The van der Waals surface area contributed by atoms with Crippen LogP contribution in [0.5, 0.6) is 0 Å². The molecule has 1 aromatic rings. The number of allylic oxidation sites excluding steroid dienone is 5. The molecule has 148 valence electrons. The predicted octanol–water partition coefficient (Wildman–Crippen LogP) is 3.93. The first-order chi connectivity index (χ1) is 13.1. The number of nitrogens with zero attached hydrogens (tertiary/aromatic N) is 1. The number of hydrogen-bond donors (Lipinski definition) is 2. The fraction of sp³-hybridized carbons (Fsp3) is 0.348. The first-order valence-corrected chi connectivity index (χ1v) is 9.24. The number of hydrogen-bond acceptors (Lipinski definition) is 4. The van der Waals surface area contributed by atoms with Crippen molar-refractivity contribution in [3.05, 3.63) is 69.0 Å². The lowest BCUT2D eigenvalue weighted by atomic mass is 9.77. The summed E-state index contributed by atoms with van der Waals surface area (Å²) in [5.41, 5.74) is 16.7. The minimum absolute atomic E-state index is 0.223. The first-order valence-electron chi connectivity index (χ1n) is 9.24. The van der Waals surface area contributed by atoms with Crippen LogP contribution in [-0.2, 0) is 9.59 Å². The van der Waals surface area contributed by atoms with Crippen molar-refractivity contribution in [1.29, 1.82) is 5.26 Å². The van der Waals surface area contributed by atoms with E-state index in [0.717, 1.165) is 28.7 Å². The van der Waals surface area contributed by atoms with E-state index >= 15 is 0 Å². The van der Waals surface area contributed by atoms with Gasteiger partial charge in [-0.25, -0.2) is 0 Å². The third-order valence-electron chi connectivity index (χ3n) is 4.97. The van der Waals surface area contributed by atoms with Gasteiger partial charge in [-0.3, -0.25) is 9.59 Å². The highest BCUT2D eigenvalue weighted by Gasteiger charge is 2.31. The van der Waals surface area contributed by atoms with Crippen molar-refractivity contribution >= 4 is 11.7 Å². The number of primary amides is 1. The van der Waals surface area contributed by atoms with Crippen LogP contribution in [-0.4, -0.2) is 11.7 Å². The molecule has 0 aliphatic carbocycles. The fourth-order valence-electron chi connectivity index (χ4n) is 3.64. The zero-order valence-electron chi connectivity index (χ0n) is 17.5. The molecule has 1 aromatic carbocycles. The largest absolute Gasteiger partial charge is 0.402 e. The molecular weight excluding hydrogens is 350 g/mol. The van der Waals surface area contributed by atoms with E-state index in [4.69, 9.17) is 11.5 Å². The van der Waals surface area contributed by atoms with Crippen LogP contribution in [0.3, 0.4) is 0 Å². The molecule has 0 saturated carbocycles. The molecule has 0 spiro atoms. The molecule has 1 rings (SSSR count). The second kappa shape index (κ2) is 9.70. The third kappa shape index (κ3) is 4.77. The van der Waals surface area contributed by atoms with E-state index in [0.29, 0.717) is 22.4 Å². The number of Topliss-reactive ketones (excluding diaryl/α,β-unsaturated/α-hetero) is 1. The van der Waals surface area contributed by atoms with Crippen LogP contribution in [0.25, 0.3) is 0 Å². The van der Waals surface area contributed by atoms with Crippen molar-refractivity contribution in [3.8, 4) is 6.07 Å². The lowest BCUT2D eigenvalue weighted by molar-refractivity contribution is -0.114. The molecule has 0 aromatic heterocycles. The molecule has 1 unspecified atom stereocenters. The van der Waals surface area contributed by atoms with Crippen molar-refractivity contribution in [2.24, 2.45) is 11.5 Å². The Bertz CT molecular complexity index is 924. The number of aryl methyl sites for hydroxylation is 1. The zero-order valence-corrected chi connectivity index (χ0v) is 17.5. The standard InChI is InChI=1S/C23H29N3O2/c1-7-18(8-2)14(4)20(23(26)28)22(21(15(5)25)16(6)27)19-10-9-17(12-24)11-13(19)3/h7,9-11,22H,8,25H2,1-6H3,(H2,26,28)/b18-7-,20-14-,21-15-. The van der Waals surface area contributed by atoms with Crippen molar-refractivity contribution in [2.45, 2.75) is 53.9 Å². The summed E-state index contributed by atoms with van der Waals surface area (Å²) in [7, 11) is 0. The van der Waals surface area contributed by atoms with Gasteiger partial charge in [0, 0.05) is 22.8 Å². The van der Waals surface area contributed by atoms with Gasteiger partial charge >= 0.3 is 0 Å². The number of nitrogens with two attached hydrogens (primary N) is 2. The van der Waals surface area contributed by atoms with Crippen LogP contribution in [0.1, 0.15) is 63.6 Å². The lowest BCUT2D eigenvalue weighted by Crippen LogP contribution is -2.26. The van der Waals surface area contributed by atoms with Gasteiger partial charge in [0.2, 0.25) is 5.91 Å². The summed E-state index contributed by atoms with van der Waals surface area (Å²) in [5, 5.41) is 9.18. The van der Waals surface area contributed by atoms with Gasteiger partial charge in [-0.1, -0.05) is 19.1 Å². The minimum atomic E-state index is -0.700. The van der Waals surface area contributed by atoms with E-state index < -0.39 is 11.8 Å². The lowest BCUT2D eigenvalue weighted by Gasteiger charge is -2.26. The Kier molecular flexibility index (Phi) is 7.94. The molecule has 1 amide bonds. The molecule has 0 saturated heterocycles. The second-order valence-corrected chi connectivity index (χ2v) is 6.84. The van der Waals surface area contributed by atoms with Gasteiger partial charge in [-0.15, -0.1) is 0 Å². The molecule has 0 bridgehead atoms. The second-order valence-electron chi connectivity index (χ2n) is 6.84. The van der Waals surface area contributed by atoms with Gasteiger partial charge in [0.1, 0.15) is 0 Å². The number of ketones is 1. The molecule has 4 N–H and O–H groups in total. The van der Waals surface area contributed by atoms with Crippen molar-refractivity contribution in [1.82, 2.24) is 0 Å². The van der Waals surface area contributed by atoms with Crippen LogP contribution in [0.15, 0.2) is 52.3 Å². The van der Waals surface area contributed by atoms with Crippen molar-refractivity contribution < 1.29 is 9.59 Å². The monoisotopic (exact) mass is 379 g/mol. The molecule has 5 nitrogen and oxygen atoms in total. The minimum Gasteiger partial charge on any atom is -0.402 e. The predicted molar refractivity (Wildman–Crippen MR) is 112 cm³/mol. The van der Waals surface area contributed by atoms with Crippen LogP contribution < -0.4 is 11.5 Å². The molecule has 5 heteroatoms. The van der Waals surface area contributed by atoms with Crippen LogP contribution in [0.2, 0.25) is 0 Å². The van der Waals surface area contributed by atoms with Crippen LogP contribution in [0, 0.1) is 18.3 Å². The van der Waals surface area contributed by atoms with E-state index in [1.54, 1.807) is 25.1 Å². The summed E-state index contributed by atoms with van der Waals surface area (Å²) in [6.07, 6.45) is 2.66. The number of carbonyl (C=O) groups excluding carboxylic acids is 2. The fourth-order valence-corrected chi connectivity index (χ4v) is 3.64. The average molecular weight is 380 g/mol. The molecule has 0 radical (unpaired) electrons. The van der Waals surface area contributed by atoms with Gasteiger partial charge in [0.25, 0.3) is 0 Å². The highest BCUT2D eigenvalue weighted by Crippen LogP contribution is 2.38. The average Bonchev–Trinajstić information content (AvgIpc) is 2.61. The molecule has 0 aliphatic heterocycles. The highest BCUT2D eigenvalue weighted by molar-refractivity contribution is 6.02. The number of amides is 1. The summed E-state index contributed by atoms with van der Waals surface area (Å²) in [6.45, 7) is 10.7. The number of nitriles is 1. The molecule has 0 aliphatic rings. The molecule has 28 heavy (non-hydrogen) atoms. The molecule has 0 heterocycles. The Balaban J connectivity index is 4.04. The molecule has 0 fully saturated rings. The summed E-state index contributed by atoms with van der Waals surface area (Å²) < 4.78 is 0. The smallest absolute Gasteiger partial charge is 0.245 e. The van der Waals surface area contributed by atoms with Crippen LogP contribution in [0.4, 0.5) is 0 Å². The van der Waals surface area contributed by atoms with E-state index in [1.807, 2.05) is 33.8 Å². The first kappa shape index (κ1) is 22.9. The van der Waals surface area contributed by atoms with Gasteiger partial charge in [-0.05, 0) is 75.4 Å². The van der Waals surface area contributed by atoms with E-state index in [9.17, 15) is 14.9 Å². The maximum atomic E-state index is 12.6. The topological polar surface area (TPSA) is 110 Å². The maximum Gasteiger partial charge on any atom is 0.245 e. The third-order valence-corrected chi connectivity index (χ3v) is 4.97. The SMILES string of the molecule is C/C=C(CC)\C(C)=C(/C(N)=O)C(/C(C(C)=O)=C(/C)N)c1ccc(C#N)cc1C. The van der Waals surface area contributed by atoms with Gasteiger partial charge < -0.3 is 11.5 Å². The normalized spacial score (nSPS) is 14.5. The molecular formula is C23H29N3O2. The Hall–Kier alpha value is -3.13. The van der Waals surface area contributed by atoms with Gasteiger partial charge in [0.15, 0.2) is 5.78 Å². The number of carbonyl (C=O) groups is 2. The van der Waals surface area contributed by atoms with Crippen molar-refractivity contribution in [2.75, 3.05) is 0 Å². The summed E-state index contributed by atoms with van der Waals surface area (Å²) in [5.74, 6) is -1.52. The summed E-state index contributed by atoms with van der Waals surface area (Å²) >= 11 is 0. The number of rotatable bonds is 7. The van der Waals surface area contributed by atoms with Gasteiger partial charge in [-0.2, -0.15) is 5.26 Å². The van der Waals surface area contributed by atoms with E-state index in [2.05, 4.69) is 6.07 Å².